The summed E-state index contributed by atoms with van der Waals surface area (Å²) in [7, 11) is 0. The third-order valence-electron chi connectivity index (χ3n) is 3.77. The van der Waals surface area contributed by atoms with E-state index >= 15 is 0 Å². The van der Waals surface area contributed by atoms with Crippen LogP contribution < -0.4 is 10.6 Å². The van der Waals surface area contributed by atoms with Crippen molar-refractivity contribution in [1.29, 1.82) is 0 Å². The van der Waals surface area contributed by atoms with Crippen LogP contribution in [0.15, 0.2) is 39.9 Å². The van der Waals surface area contributed by atoms with Crippen LogP contribution >= 0.6 is 23.1 Å². The number of hydrogen-bond acceptors (Lipinski definition) is 5. The molecule has 1 amide bonds. The summed E-state index contributed by atoms with van der Waals surface area (Å²) in [6.07, 6.45) is 1.06. The Morgan fingerprint density at radius 3 is 3.09 bits per heavy atom. The molecule has 122 valence electrons. The summed E-state index contributed by atoms with van der Waals surface area (Å²) in [5, 5.41) is 17.8. The molecule has 2 aromatic rings. The highest BCUT2D eigenvalue weighted by atomic mass is 32.2. The van der Waals surface area contributed by atoms with Gasteiger partial charge in [0.2, 0.25) is 0 Å². The van der Waals surface area contributed by atoms with Crippen LogP contribution in [-0.2, 0) is 0 Å². The van der Waals surface area contributed by atoms with Gasteiger partial charge in [-0.3, -0.25) is 4.79 Å². The lowest BCUT2D eigenvalue weighted by molar-refractivity contribution is 0.0945. The van der Waals surface area contributed by atoms with Gasteiger partial charge < -0.3 is 15.7 Å². The summed E-state index contributed by atoms with van der Waals surface area (Å²) in [5.74, 6) is -0.161. The molecule has 1 aromatic carbocycles. The highest BCUT2D eigenvalue weighted by molar-refractivity contribution is 8.01. The molecule has 0 aliphatic carbocycles. The van der Waals surface area contributed by atoms with Gasteiger partial charge in [0.05, 0.1) is 16.9 Å². The standard InChI is InChI=1S/C17H20N2O2S2/c1-11-9-15(14-5-8-22-17(14)23-11)19-13-4-2-3-12(10-13)16(21)18-6-7-20/h2-5,8,10-11,15,19-20H,6-7,9H2,1H3,(H,18,21)/t11-,15?/m0/s1. The van der Waals surface area contributed by atoms with Gasteiger partial charge in [-0.05, 0) is 41.6 Å². The lowest BCUT2D eigenvalue weighted by Crippen LogP contribution is -2.26. The Labute approximate surface area is 144 Å². The molecule has 6 heteroatoms. The van der Waals surface area contributed by atoms with Crippen molar-refractivity contribution >= 4 is 34.7 Å². The number of aliphatic hydroxyl groups is 1. The SMILES string of the molecule is C[C@H]1CC(Nc2cccc(C(=O)NCCO)c2)c2ccsc2S1. The van der Waals surface area contributed by atoms with Gasteiger partial charge in [-0.2, -0.15) is 0 Å². The first-order valence-corrected chi connectivity index (χ1v) is 9.43. The van der Waals surface area contributed by atoms with Crippen molar-refractivity contribution in [3.8, 4) is 0 Å². The van der Waals surface area contributed by atoms with Crippen molar-refractivity contribution in [3.63, 3.8) is 0 Å². The molecule has 1 aromatic heterocycles. The zero-order valence-corrected chi connectivity index (χ0v) is 14.5. The number of thioether (sulfide) groups is 1. The van der Waals surface area contributed by atoms with Crippen molar-refractivity contribution < 1.29 is 9.90 Å². The summed E-state index contributed by atoms with van der Waals surface area (Å²) < 4.78 is 1.39. The Morgan fingerprint density at radius 2 is 2.26 bits per heavy atom. The number of anilines is 1. The lowest BCUT2D eigenvalue weighted by atomic mass is 10.0. The number of hydrogen-bond donors (Lipinski definition) is 3. The minimum Gasteiger partial charge on any atom is -0.395 e. The number of fused-ring (bicyclic) bond motifs is 1. The molecule has 4 nitrogen and oxygen atoms in total. The number of carbonyl (C=O) groups excluding carboxylic acids is 1. The maximum Gasteiger partial charge on any atom is 0.251 e. The van der Waals surface area contributed by atoms with Gasteiger partial charge in [-0.15, -0.1) is 23.1 Å². The number of rotatable bonds is 5. The number of aliphatic hydroxyl groups excluding tert-OH is 1. The van der Waals surface area contributed by atoms with E-state index in [1.54, 1.807) is 17.4 Å². The van der Waals surface area contributed by atoms with E-state index in [2.05, 4.69) is 29.0 Å². The molecule has 3 N–H and O–H groups in total. The monoisotopic (exact) mass is 348 g/mol. The molecule has 0 saturated carbocycles. The first-order valence-electron chi connectivity index (χ1n) is 7.67. The predicted molar refractivity (Wildman–Crippen MR) is 96.5 cm³/mol. The van der Waals surface area contributed by atoms with E-state index in [1.165, 1.54) is 9.77 Å². The fourth-order valence-electron chi connectivity index (χ4n) is 2.71. The molecule has 0 spiro atoms. The number of carbonyl (C=O) groups is 1. The van der Waals surface area contributed by atoms with Crippen LogP contribution in [0.25, 0.3) is 0 Å². The first-order chi connectivity index (χ1) is 11.2. The van der Waals surface area contributed by atoms with Crippen LogP contribution in [0, 0.1) is 0 Å². The van der Waals surface area contributed by atoms with Gasteiger partial charge in [0.15, 0.2) is 0 Å². The van der Waals surface area contributed by atoms with Gasteiger partial charge in [0.25, 0.3) is 5.91 Å². The molecule has 1 aliphatic heterocycles. The topological polar surface area (TPSA) is 61.4 Å². The molecule has 23 heavy (non-hydrogen) atoms. The normalized spacial score (nSPS) is 19.9. The number of nitrogens with one attached hydrogen (secondary N) is 2. The van der Waals surface area contributed by atoms with Crippen molar-refractivity contribution in [3.05, 3.63) is 46.8 Å². The minimum atomic E-state index is -0.161. The van der Waals surface area contributed by atoms with E-state index in [0.29, 0.717) is 10.8 Å². The molecule has 1 unspecified atom stereocenters. The van der Waals surface area contributed by atoms with Crippen molar-refractivity contribution in [2.24, 2.45) is 0 Å². The van der Waals surface area contributed by atoms with Gasteiger partial charge >= 0.3 is 0 Å². The van der Waals surface area contributed by atoms with Crippen molar-refractivity contribution in [2.45, 2.75) is 28.8 Å². The Hall–Kier alpha value is -1.50. The fraction of sp³-hybridized carbons (Fsp3) is 0.353. The quantitative estimate of drug-likeness (QED) is 0.774. The lowest BCUT2D eigenvalue weighted by Gasteiger charge is -2.28. The molecule has 0 radical (unpaired) electrons. The van der Waals surface area contributed by atoms with Crippen LogP contribution in [0.1, 0.15) is 35.3 Å². The van der Waals surface area contributed by atoms with E-state index in [1.807, 2.05) is 30.0 Å². The molecule has 0 bridgehead atoms. The van der Waals surface area contributed by atoms with Crippen LogP contribution in [0.3, 0.4) is 0 Å². The molecule has 1 aliphatic rings. The summed E-state index contributed by atoms with van der Waals surface area (Å²) in [4.78, 5) is 12.0. The summed E-state index contributed by atoms with van der Waals surface area (Å²) in [6.45, 7) is 2.47. The van der Waals surface area contributed by atoms with Crippen LogP contribution in [-0.4, -0.2) is 29.4 Å². The van der Waals surface area contributed by atoms with Crippen molar-refractivity contribution in [2.75, 3.05) is 18.5 Å². The number of thiophene rings is 1. The molecule has 0 saturated heterocycles. The van der Waals surface area contributed by atoms with E-state index in [4.69, 9.17) is 5.11 Å². The Balaban J connectivity index is 1.75. The third-order valence-corrected chi connectivity index (χ3v) is 6.12. The van der Waals surface area contributed by atoms with E-state index in [0.717, 1.165) is 12.1 Å². The second kappa shape index (κ2) is 7.38. The smallest absolute Gasteiger partial charge is 0.251 e. The first kappa shape index (κ1) is 16.4. The molecule has 2 atom stereocenters. The van der Waals surface area contributed by atoms with Crippen molar-refractivity contribution in [1.82, 2.24) is 5.32 Å². The molecule has 2 heterocycles. The van der Waals surface area contributed by atoms with Gasteiger partial charge in [0, 0.05) is 23.0 Å². The fourth-order valence-corrected chi connectivity index (χ4v) is 5.28. The Morgan fingerprint density at radius 1 is 1.39 bits per heavy atom. The van der Waals surface area contributed by atoms with E-state index < -0.39 is 0 Å². The van der Waals surface area contributed by atoms with Crippen LogP contribution in [0.2, 0.25) is 0 Å². The largest absolute Gasteiger partial charge is 0.395 e. The molecule has 0 fully saturated rings. The molecular weight excluding hydrogens is 328 g/mol. The van der Waals surface area contributed by atoms with Crippen LogP contribution in [0.5, 0.6) is 0 Å². The molecule has 3 rings (SSSR count). The molecular formula is C17H20N2O2S2. The summed E-state index contributed by atoms with van der Waals surface area (Å²) in [5.41, 5.74) is 2.91. The Bertz CT molecular complexity index is 687. The predicted octanol–water partition coefficient (Wildman–Crippen LogP) is 3.51. The van der Waals surface area contributed by atoms with E-state index in [-0.39, 0.29) is 25.1 Å². The average molecular weight is 348 g/mol. The van der Waals surface area contributed by atoms with Crippen LogP contribution in [0.4, 0.5) is 5.69 Å². The third kappa shape index (κ3) is 3.88. The maximum absolute atomic E-state index is 12.0. The minimum absolute atomic E-state index is 0.0533. The van der Waals surface area contributed by atoms with Gasteiger partial charge in [0.1, 0.15) is 0 Å². The van der Waals surface area contributed by atoms with E-state index in [9.17, 15) is 4.79 Å². The average Bonchev–Trinajstić information content (AvgIpc) is 3.01. The maximum atomic E-state index is 12.0. The zero-order valence-electron chi connectivity index (χ0n) is 12.9. The van der Waals surface area contributed by atoms with Gasteiger partial charge in [-0.25, -0.2) is 0 Å². The second-order valence-electron chi connectivity index (χ2n) is 5.58. The second-order valence-corrected chi connectivity index (χ2v) is 8.21. The number of amides is 1. The number of benzene rings is 1. The summed E-state index contributed by atoms with van der Waals surface area (Å²) >= 11 is 3.74. The highest BCUT2D eigenvalue weighted by Gasteiger charge is 2.26. The zero-order chi connectivity index (χ0) is 16.2. The highest BCUT2D eigenvalue weighted by Crippen LogP contribution is 2.44. The van der Waals surface area contributed by atoms with Gasteiger partial charge in [-0.1, -0.05) is 13.0 Å². The Kier molecular flexibility index (Phi) is 5.25. The summed E-state index contributed by atoms with van der Waals surface area (Å²) in [6, 6.07) is 9.99.